The molecule has 0 aliphatic heterocycles. The summed E-state index contributed by atoms with van der Waals surface area (Å²) in [4.78, 5) is 15.9. The molecule has 1 N–H and O–H groups in total. The van der Waals surface area contributed by atoms with Crippen molar-refractivity contribution < 1.29 is 19.4 Å². The van der Waals surface area contributed by atoms with Gasteiger partial charge < -0.3 is 14.6 Å². The van der Waals surface area contributed by atoms with Gasteiger partial charge in [0, 0.05) is 6.21 Å². The van der Waals surface area contributed by atoms with Crippen molar-refractivity contribution in [3.8, 4) is 11.5 Å². The minimum Gasteiger partial charge on any atom is -0.504 e. The van der Waals surface area contributed by atoms with Crippen LogP contribution in [0, 0.1) is 0 Å². The van der Waals surface area contributed by atoms with E-state index in [2.05, 4.69) is 4.99 Å². The van der Waals surface area contributed by atoms with Crippen LogP contribution in [0.3, 0.4) is 0 Å². The van der Waals surface area contributed by atoms with Gasteiger partial charge in [-0.2, -0.15) is 0 Å². The molecule has 2 rings (SSSR count). The van der Waals surface area contributed by atoms with E-state index >= 15 is 0 Å². The monoisotopic (exact) mass is 285 g/mol. The highest BCUT2D eigenvalue weighted by molar-refractivity contribution is 5.96. The molecule has 0 atom stereocenters. The van der Waals surface area contributed by atoms with Crippen LogP contribution in [0.2, 0.25) is 0 Å². The minimum atomic E-state index is -0.439. The lowest BCUT2D eigenvalue weighted by Crippen LogP contribution is -2.01. The van der Waals surface area contributed by atoms with Crippen LogP contribution in [0.1, 0.15) is 15.9 Å². The van der Waals surface area contributed by atoms with Crippen molar-refractivity contribution in [1.82, 2.24) is 0 Å². The molecule has 0 aliphatic rings. The minimum absolute atomic E-state index is 0.0598. The summed E-state index contributed by atoms with van der Waals surface area (Å²) in [6.45, 7) is 0. The van der Waals surface area contributed by atoms with Gasteiger partial charge in [-0.1, -0.05) is 12.1 Å². The van der Waals surface area contributed by atoms with Gasteiger partial charge in [0.05, 0.1) is 25.5 Å². The van der Waals surface area contributed by atoms with Crippen molar-refractivity contribution in [2.24, 2.45) is 4.99 Å². The first kappa shape index (κ1) is 14.6. The highest BCUT2D eigenvalue weighted by Gasteiger charge is 2.09. The molecule has 2 aromatic carbocycles. The van der Waals surface area contributed by atoms with Crippen LogP contribution in [0.15, 0.2) is 47.5 Å². The maximum Gasteiger partial charge on any atom is 0.340 e. The van der Waals surface area contributed by atoms with Crippen LogP contribution in [0.5, 0.6) is 11.5 Å². The molecule has 21 heavy (non-hydrogen) atoms. The zero-order valence-electron chi connectivity index (χ0n) is 11.7. The molecule has 0 aliphatic carbocycles. The number of carbonyl (C=O) groups is 1. The van der Waals surface area contributed by atoms with E-state index < -0.39 is 5.97 Å². The van der Waals surface area contributed by atoms with E-state index in [1.54, 1.807) is 42.6 Å². The van der Waals surface area contributed by atoms with Gasteiger partial charge in [-0.05, 0) is 35.9 Å². The van der Waals surface area contributed by atoms with E-state index in [-0.39, 0.29) is 5.75 Å². The smallest absolute Gasteiger partial charge is 0.340 e. The molecular formula is C16H15NO4. The van der Waals surface area contributed by atoms with Crippen molar-refractivity contribution >= 4 is 17.9 Å². The van der Waals surface area contributed by atoms with E-state index in [0.717, 1.165) is 5.56 Å². The first-order chi connectivity index (χ1) is 10.2. The Kier molecular flexibility index (Phi) is 4.56. The van der Waals surface area contributed by atoms with Crippen molar-refractivity contribution in [2.75, 3.05) is 14.2 Å². The number of rotatable bonds is 4. The number of hydrogen-bond donors (Lipinski definition) is 1. The molecule has 0 spiro atoms. The number of ether oxygens (including phenoxy) is 2. The number of phenolic OH excluding ortho intramolecular Hbond substituents is 1. The normalized spacial score (nSPS) is 10.6. The zero-order valence-corrected chi connectivity index (χ0v) is 11.7. The fourth-order valence-electron chi connectivity index (χ4n) is 1.79. The number of para-hydroxylation sites is 1. The molecule has 0 saturated carbocycles. The molecule has 0 heterocycles. The topological polar surface area (TPSA) is 68.1 Å². The molecule has 5 heteroatoms. The summed E-state index contributed by atoms with van der Waals surface area (Å²) < 4.78 is 9.75. The van der Waals surface area contributed by atoms with Crippen LogP contribution >= 0.6 is 0 Å². The van der Waals surface area contributed by atoms with Gasteiger partial charge in [-0.25, -0.2) is 4.79 Å². The van der Waals surface area contributed by atoms with E-state index in [1.807, 2.05) is 0 Å². The number of hydrogen-bond acceptors (Lipinski definition) is 5. The predicted molar refractivity (Wildman–Crippen MR) is 79.7 cm³/mol. The molecule has 0 saturated heterocycles. The maximum absolute atomic E-state index is 11.6. The Morgan fingerprint density at radius 3 is 2.67 bits per heavy atom. The number of carbonyl (C=O) groups excluding carboxylic acids is 1. The fourth-order valence-corrected chi connectivity index (χ4v) is 1.79. The van der Waals surface area contributed by atoms with E-state index in [0.29, 0.717) is 17.0 Å². The average Bonchev–Trinajstić information content (AvgIpc) is 2.53. The first-order valence-electron chi connectivity index (χ1n) is 6.24. The van der Waals surface area contributed by atoms with Crippen molar-refractivity contribution in [1.29, 1.82) is 0 Å². The van der Waals surface area contributed by atoms with E-state index in [4.69, 9.17) is 9.47 Å². The van der Waals surface area contributed by atoms with Gasteiger partial charge in [0.15, 0.2) is 11.5 Å². The second-order valence-electron chi connectivity index (χ2n) is 4.20. The Balaban J connectivity index is 2.32. The van der Waals surface area contributed by atoms with E-state index in [9.17, 15) is 9.90 Å². The highest BCUT2D eigenvalue weighted by atomic mass is 16.5. The Morgan fingerprint density at radius 2 is 1.95 bits per heavy atom. The molecule has 0 radical (unpaired) electrons. The zero-order chi connectivity index (χ0) is 15.2. The summed E-state index contributed by atoms with van der Waals surface area (Å²) in [6, 6.07) is 11.8. The van der Waals surface area contributed by atoms with Gasteiger partial charge in [-0.3, -0.25) is 4.99 Å². The van der Waals surface area contributed by atoms with Gasteiger partial charge in [0.2, 0.25) is 0 Å². The average molecular weight is 285 g/mol. The number of methoxy groups -OCH3 is 2. The van der Waals surface area contributed by atoms with Crippen molar-refractivity contribution in [2.45, 2.75) is 0 Å². The number of aromatic hydroxyl groups is 1. The van der Waals surface area contributed by atoms with Crippen LogP contribution in [-0.4, -0.2) is 31.5 Å². The van der Waals surface area contributed by atoms with Gasteiger partial charge >= 0.3 is 5.97 Å². The Hall–Kier alpha value is -2.82. The first-order valence-corrected chi connectivity index (χ1v) is 6.24. The molecule has 0 unspecified atom stereocenters. The summed E-state index contributed by atoms with van der Waals surface area (Å²) in [6.07, 6.45) is 1.59. The summed E-state index contributed by atoms with van der Waals surface area (Å²) in [5, 5.41) is 9.54. The van der Waals surface area contributed by atoms with E-state index in [1.165, 1.54) is 20.3 Å². The lowest BCUT2D eigenvalue weighted by atomic mass is 10.1. The highest BCUT2D eigenvalue weighted by Crippen LogP contribution is 2.26. The summed E-state index contributed by atoms with van der Waals surface area (Å²) in [5.41, 5.74) is 1.64. The molecule has 5 nitrogen and oxygen atoms in total. The number of benzene rings is 2. The van der Waals surface area contributed by atoms with Crippen LogP contribution in [0.4, 0.5) is 5.69 Å². The van der Waals surface area contributed by atoms with Gasteiger partial charge in [0.1, 0.15) is 0 Å². The van der Waals surface area contributed by atoms with Gasteiger partial charge in [0.25, 0.3) is 0 Å². The van der Waals surface area contributed by atoms with Crippen LogP contribution < -0.4 is 4.74 Å². The second-order valence-corrected chi connectivity index (χ2v) is 4.20. The predicted octanol–water partition coefficient (Wildman–Crippen LogP) is 2.94. The molecular weight excluding hydrogens is 270 g/mol. The van der Waals surface area contributed by atoms with Crippen molar-refractivity contribution in [3.63, 3.8) is 0 Å². The molecule has 0 fully saturated rings. The third kappa shape index (κ3) is 3.39. The Bertz CT molecular complexity index is 680. The number of esters is 1. The third-order valence-corrected chi connectivity index (χ3v) is 2.87. The molecule has 2 aromatic rings. The summed E-state index contributed by atoms with van der Waals surface area (Å²) in [7, 11) is 2.80. The second kappa shape index (κ2) is 6.56. The summed E-state index contributed by atoms with van der Waals surface area (Å²) in [5.74, 6) is -0.0177. The van der Waals surface area contributed by atoms with Gasteiger partial charge in [-0.15, -0.1) is 0 Å². The lowest BCUT2D eigenvalue weighted by Gasteiger charge is -2.04. The summed E-state index contributed by atoms with van der Waals surface area (Å²) >= 11 is 0. The Labute approximate surface area is 122 Å². The number of nitrogens with zero attached hydrogens (tertiary/aromatic N) is 1. The molecule has 0 bridgehead atoms. The Morgan fingerprint density at radius 1 is 1.19 bits per heavy atom. The third-order valence-electron chi connectivity index (χ3n) is 2.87. The fraction of sp³-hybridized carbons (Fsp3) is 0.125. The van der Waals surface area contributed by atoms with Crippen LogP contribution in [-0.2, 0) is 4.74 Å². The molecule has 0 aromatic heterocycles. The number of phenols is 1. The van der Waals surface area contributed by atoms with Crippen LogP contribution in [0.25, 0.3) is 0 Å². The SMILES string of the molecule is COC(=O)c1ccccc1N=Cc1ccc(O)c(OC)c1. The molecule has 108 valence electrons. The van der Waals surface area contributed by atoms with Crippen molar-refractivity contribution in [3.05, 3.63) is 53.6 Å². The maximum atomic E-state index is 11.6. The standard InChI is InChI=1S/C16H15NO4/c1-20-15-9-11(7-8-14(15)18)10-17-13-6-4-3-5-12(13)16(19)21-2/h3-10,18H,1-2H3. The lowest BCUT2D eigenvalue weighted by molar-refractivity contribution is 0.0601. The quantitative estimate of drug-likeness (QED) is 0.692. The molecule has 0 amide bonds. The largest absolute Gasteiger partial charge is 0.504 e. The number of aliphatic imine (C=N–C) groups is 1.